The Bertz CT molecular complexity index is 465. The van der Waals surface area contributed by atoms with Gasteiger partial charge in [0.25, 0.3) is 0 Å². The third-order valence-corrected chi connectivity index (χ3v) is 2.26. The third-order valence-electron chi connectivity index (χ3n) is 2.02. The van der Waals surface area contributed by atoms with Crippen LogP contribution in [0.5, 0.6) is 5.75 Å². The number of phenolic OH excluding ortho intramolecular Hbond substituents is 1. The zero-order chi connectivity index (χ0) is 10.1. The largest absolute Gasteiger partial charge is 0.507 e. The molecular formula is C10H9ClN2O. The van der Waals surface area contributed by atoms with Gasteiger partial charge >= 0.3 is 0 Å². The van der Waals surface area contributed by atoms with E-state index in [1.165, 1.54) is 0 Å². The molecule has 0 spiro atoms. The number of aromatic nitrogens is 2. The minimum absolute atomic E-state index is 0.184. The monoisotopic (exact) mass is 208 g/mol. The van der Waals surface area contributed by atoms with Crippen molar-refractivity contribution in [2.75, 3.05) is 0 Å². The number of phenols is 1. The first-order valence-electron chi connectivity index (χ1n) is 4.14. The highest BCUT2D eigenvalue weighted by Crippen LogP contribution is 2.29. The Labute approximate surface area is 86.6 Å². The Kier molecular flexibility index (Phi) is 2.17. The number of hydrogen-bond acceptors (Lipinski definition) is 2. The molecular weight excluding hydrogens is 200 g/mol. The highest BCUT2D eigenvalue weighted by Gasteiger charge is 2.08. The van der Waals surface area contributed by atoms with Gasteiger partial charge in [-0.05, 0) is 18.2 Å². The van der Waals surface area contributed by atoms with Gasteiger partial charge in [0.15, 0.2) is 0 Å². The van der Waals surface area contributed by atoms with Crippen molar-refractivity contribution in [2.45, 2.75) is 0 Å². The van der Waals surface area contributed by atoms with Gasteiger partial charge in [0.05, 0.1) is 5.56 Å². The number of halogens is 1. The van der Waals surface area contributed by atoms with Crippen molar-refractivity contribution >= 4 is 11.6 Å². The molecule has 3 nitrogen and oxygen atoms in total. The predicted molar refractivity (Wildman–Crippen MR) is 55.3 cm³/mol. The molecule has 1 aromatic carbocycles. The second-order valence-electron chi connectivity index (χ2n) is 3.02. The molecule has 0 saturated carbocycles. The quantitative estimate of drug-likeness (QED) is 0.782. The summed E-state index contributed by atoms with van der Waals surface area (Å²) in [4.78, 5) is 4.13. The maximum Gasteiger partial charge on any atom is 0.143 e. The van der Waals surface area contributed by atoms with Crippen LogP contribution in [0.25, 0.3) is 11.4 Å². The van der Waals surface area contributed by atoms with E-state index in [1.54, 1.807) is 24.4 Å². The van der Waals surface area contributed by atoms with E-state index in [2.05, 4.69) is 4.98 Å². The highest BCUT2D eigenvalue weighted by atomic mass is 35.5. The van der Waals surface area contributed by atoms with Gasteiger partial charge in [-0.2, -0.15) is 0 Å². The van der Waals surface area contributed by atoms with E-state index < -0.39 is 0 Å². The second-order valence-corrected chi connectivity index (χ2v) is 3.46. The van der Waals surface area contributed by atoms with Crippen molar-refractivity contribution < 1.29 is 5.11 Å². The zero-order valence-corrected chi connectivity index (χ0v) is 8.36. The maximum atomic E-state index is 9.62. The lowest BCUT2D eigenvalue weighted by Crippen LogP contribution is -1.91. The van der Waals surface area contributed by atoms with Gasteiger partial charge in [-0.3, -0.25) is 0 Å². The minimum Gasteiger partial charge on any atom is -0.507 e. The lowest BCUT2D eigenvalue weighted by Gasteiger charge is -2.04. The average molecular weight is 209 g/mol. The molecule has 0 unspecified atom stereocenters. The van der Waals surface area contributed by atoms with Crippen LogP contribution in [-0.4, -0.2) is 14.7 Å². The van der Waals surface area contributed by atoms with Crippen molar-refractivity contribution in [1.82, 2.24) is 9.55 Å². The van der Waals surface area contributed by atoms with E-state index in [9.17, 15) is 5.11 Å². The molecule has 1 N–H and O–H groups in total. The molecule has 2 aromatic rings. The average Bonchev–Trinajstić information content (AvgIpc) is 2.56. The van der Waals surface area contributed by atoms with E-state index in [1.807, 2.05) is 17.8 Å². The summed E-state index contributed by atoms with van der Waals surface area (Å²) < 4.78 is 1.82. The molecule has 0 radical (unpaired) electrons. The van der Waals surface area contributed by atoms with Crippen LogP contribution in [0.1, 0.15) is 0 Å². The Morgan fingerprint density at radius 3 is 2.86 bits per heavy atom. The molecule has 0 saturated heterocycles. The maximum absolute atomic E-state index is 9.62. The van der Waals surface area contributed by atoms with Crippen molar-refractivity contribution in [3.05, 3.63) is 35.6 Å². The molecule has 0 fully saturated rings. The molecule has 0 aliphatic heterocycles. The van der Waals surface area contributed by atoms with Gasteiger partial charge in [-0.15, -0.1) is 0 Å². The summed E-state index contributed by atoms with van der Waals surface area (Å²) >= 11 is 5.84. The first-order valence-corrected chi connectivity index (χ1v) is 4.52. The van der Waals surface area contributed by atoms with E-state index >= 15 is 0 Å². The summed E-state index contributed by atoms with van der Waals surface area (Å²) in [6, 6.07) is 4.90. The van der Waals surface area contributed by atoms with Gasteiger partial charge in [0, 0.05) is 24.5 Å². The normalized spacial score (nSPS) is 10.4. The number of rotatable bonds is 1. The molecule has 14 heavy (non-hydrogen) atoms. The molecule has 0 aliphatic carbocycles. The number of benzene rings is 1. The fourth-order valence-corrected chi connectivity index (χ4v) is 1.48. The van der Waals surface area contributed by atoms with Crippen LogP contribution < -0.4 is 0 Å². The van der Waals surface area contributed by atoms with E-state index in [-0.39, 0.29) is 5.75 Å². The molecule has 0 atom stereocenters. The van der Waals surface area contributed by atoms with E-state index in [4.69, 9.17) is 11.6 Å². The molecule has 1 aromatic heterocycles. The van der Waals surface area contributed by atoms with Gasteiger partial charge in [0.2, 0.25) is 0 Å². The molecule has 1 heterocycles. The van der Waals surface area contributed by atoms with Gasteiger partial charge in [-0.25, -0.2) is 4.98 Å². The number of hydrogen-bond donors (Lipinski definition) is 1. The van der Waals surface area contributed by atoms with Crippen LogP contribution in [0.2, 0.25) is 5.02 Å². The Hall–Kier alpha value is -1.48. The highest BCUT2D eigenvalue weighted by molar-refractivity contribution is 6.30. The fraction of sp³-hybridized carbons (Fsp3) is 0.100. The van der Waals surface area contributed by atoms with Crippen LogP contribution in [0, 0.1) is 0 Å². The van der Waals surface area contributed by atoms with Gasteiger partial charge in [0.1, 0.15) is 11.6 Å². The number of aryl methyl sites for hydroxylation is 1. The minimum atomic E-state index is 0.184. The van der Waals surface area contributed by atoms with Crippen molar-refractivity contribution in [3.8, 4) is 17.1 Å². The van der Waals surface area contributed by atoms with Crippen LogP contribution in [0.3, 0.4) is 0 Å². The predicted octanol–water partition coefficient (Wildman–Crippen LogP) is 2.45. The molecule has 72 valence electrons. The first-order chi connectivity index (χ1) is 6.68. The summed E-state index contributed by atoms with van der Waals surface area (Å²) in [7, 11) is 1.86. The van der Waals surface area contributed by atoms with Crippen molar-refractivity contribution in [3.63, 3.8) is 0 Å². The number of imidazole rings is 1. The SMILES string of the molecule is Cn1ccnc1-c1cc(Cl)ccc1O. The van der Waals surface area contributed by atoms with Crippen LogP contribution in [0.15, 0.2) is 30.6 Å². The Morgan fingerprint density at radius 1 is 1.43 bits per heavy atom. The topological polar surface area (TPSA) is 38.0 Å². The lowest BCUT2D eigenvalue weighted by molar-refractivity contribution is 0.476. The molecule has 0 aliphatic rings. The van der Waals surface area contributed by atoms with Crippen LogP contribution in [0.4, 0.5) is 0 Å². The Balaban J connectivity index is 2.62. The summed E-state index contributed by atoms with van der Waals surface area (Å²) in [5.74, 6) is 0.883. The number of aromatic hydroxyl groups is 1. The summed E-state index contributed by atoms with van der Waals surface area (Å²) in [5, 5.41) is 10.2. The zero-order valence-electron chi connectivity index (χ0n) is 7.61. The summed E-state index contributed by atoms with van der Waals surface area (Å²) in [6.07, 6.45) is 3.49. The third kappa shape index (κ3) is 1.46. The van der Waals surface area contributed by atoms with Crippen molar-refractivity contribution in [2.24, 2.45) is 7.05 Å². The molecule has 4 heteroatoms. The molecule has 0 bridgehead atoms. The molecule has 2 rings (SSSR count). The number of nitrogens with zero attached hydrogens (tertiary/aromatic N) is 2. The second kappa shape index (κ2) is 3.35. The molecule has 0 amide bonds. The Morgan fingerprint density at radius 2 is 2.21 bits per heavy atom. The van der Waals surface area contributed by atoms with Gasteiger partial charge in [-0.1, -0.05) is 11.6 Å². The van der Waals surface area contributed by atoms with E-state index in [0.717, 1.165) is 0 Å². The standard InChI is InChI=1S/C10H9ClN2O/c1-13-5-4-12-10(13)8-6-7(11)2-3-9(8)14/h2-6,14H,1H3. The van der Waals surface area contributed by atoms with Crippen LogP contribution in [-0.2, 0) is 7.05 Å². The van der Waals surface area contributed by atoms with Gasteiger partial charge < -0.3 is 9.67 Å². The fourth-order valence-electron chi connectivity index (χ4n) is 1.31. The van der Waals surface area contributed by atoms with E-state index in [0.29, 0.717) is 16.4 Å². The summed E-state index contributed by atoms with van der Waals surface area (Å²) in [5.41, 5.74) is 0.644. The summed E-state index contributed by atoms with van der Waals surface area (Å²) in [6.45, 7) is 0. The first kappa shape index (κ1) is 9.09. The van der Waals surface area contributed by atoms with Crippen molar-refractivity contribution in [1.29, 1.82) is 0 Å². The lowest BCUT2D eigenvalue weighted by atomic mass is 10.2. The smallest absolute Gasteiger partial charge is 0.143 e. The van der Waals surface area contributed by atoms with Crippen LogP contribution >= 0.6 is 11.6 Å².